The molecule has 6 nitrogen and oxygen atoms in total. The van der Waals surface area contributed by atoms with Crippen LogP contribution in [0.25, 0.3) is 11.3 Å². The number of hydrogen-bond donors (Lipinski definition) is 1. The maximum Gasteiger partial charge on any atom is 0.258 e. The molecule has 0 saturated heterocycles. The summed E-state index contributed by atoms with van der Waals surface area (Å²) in [7, 11) is 1.61. The van der Waals surface area contributed by atoms with E-state index in [-0.39, 0.29) is 19.1 Å². The van der Waals surface area contributed by atoms with Crippen LogP contribution in [-0.4, -0.2) is 24.8 Å². The Morgan fingerprint density at radius 2 is 2.00 bits per heavy atom. The van der Waals surface area contributed by atoms with E-state index >= 15 is 0 Å². The summed E-state index contributed by atoms with van der Waals surface area (Å²) in [5.74, 6) is 1.83. The lowest BCUT2D eigenvalue weighted by Gasteiger charge is -2.08. The topological polar surface area (TPSA) is 73.6 Å². The number of ether oxygens (including phenoxy) is 2. The summed E-state index contributed by atoms with van der Waals surface area (Å²) in [6.45, 7) is 2.15. The van der Waals surface area contributed by atoms with Crippen LogP contribution in [0.2, 0.25) is 0 Å². The number of carbonyl (C=O) groups is 1. The van der Waals surface area contributed by atoms with Crippen molar-refractivity contribution in [3.8, 4) is 22.8 Å². The number of rotatable bonds is 7. The molecule has 1 amide bonds. The molecular weight excluding hydrogens is 332 g/mol. The lowest BCUT2D eigenvalue weighted by molar-refractivity contribution is -0.123. The molecule has 3 aromatic rings. The zero-order valence-electron chi connectivity index (χ0n) is 14.7. The molecule has 2 aromatic carbocycles. The molecule has 0 aliphatic heterocycles. The van der Waals surface area contributed by atoms with Crippen LogP contribution in [0.3, 0.4) is 0 Å². The highest BCUT2D eigenvalue weighted by molar-refractivity contribution is 5.77. The Morgan fingerprint density at radius 1 is 1.15 bits per heavy atom. The number of nitrogens with zero attached hydrogens (tertiary/aromatic N) is 1. The summed E-state index contributed by atoms with van der Waals surface area (Å²) >= 11 is 0. The second kappa shape index (κ2) is 8.20. The SMILES string of the molecule is COc1cccc(-c2cc(CNC(=O)COc3ccccc3C)no2)c1. The van der Waals surface area contributed by atoms with E-state index < -0.39 is 0 Å². The molecule has 0 saturated carbocycles. The van der Waals surface area contributed by atoms with Crippen molar-refractivity contribution in [2.75, 3.05) is 13.7 Å². The van der Waals surface area contributed by atoms with Crippen LogP contribution in [0, 0.1) is 6.92 Å². The molecular formula is C20H20N2O4. The van der Waals surface area contributed by atoms with Gasteiger partial charge in [-0.15, -0.1) is 0 Å². The van der Waals surface area contributed by atoms with Crippen LogP contribution in [0.1, 0.15) is 11.3 Å². The van der Waals surface area contributed by atoms with Crippen molar-refractivity contribution in [2.45, 2.75) is 13.5 Å². The molecule has 0 atom stereocenters. The first kappa shape index (κ1) is 17.5. The van der Waals surface area contributed by atoms with Crippen molar-refractivity contribution in [3.63, 3.8) is 0 Å². The van der Waals surface area contributed by atoms with E-state index in [9.17, 15) is 4.79 Å². The van der Waals surface area contributed by atoms with Gasteiger partial charge in [0.1, 0.15) is 17.2 Å². The summed E-state index contributed by atoms with van der Waals surface area (Å²) in [5, 5.41) is 6.75. The largest absolute Gasteiger partial charge is 0.497 e. The standard InChI is InChI=1S/C20H20N2O4/c1-14-6-3-4-9-18(14)25-13-20(23)21-12-16-11-19(26-22-16)15-7-5-8-17(10-15)24-2/h3-11H,12-13H2,1-2H3,(H,21,23). The van der Waals surface area contributed by atoms with Gasteiger partial charge in [0.15, 0.2) is 12.4 Å². The first-order chi connectivity index (χ1) is 12.7. The molecule has 0 radical (unpaired) electrons. The zero-order chi connectivity index (χ0) is 18.4. The quantitative estimate of drug-likeness (QED) is 0.706. The molecule has 3 rings (SSSR count). The monoisotopic (exact) mass is 352 g/mol. The number of benzene rings is 2. The average Bonchev–Trinajstić information content (AvgIpc) is 3.15. The third kappa shape index (κ3) is 4.42. The summed E-state index contributed by atoms with van der Waals surface area (Å²) in [6.07, 6.45) is 0. The average molecular weight is 352 g/mol. The van der Waals surface area contributed by atoms with Gasteiger partial charge in [0.05, 0.1) is 13.7 Å². The van der Waals surface area contributed by atoms with Crippen LogP contribution in [-0.2, 0) is 11.3 Å². The van der Waals surface area contributed by atoms with Gasteiger partial charge in [-0.1, -0.05) is 35.5 Å². The van der Waals surface area contributed by atoms with Crippen molar-refractivity contribution in [2.24, 2.45) is 0 Å². The van der Waals surface area contributed by atoms with Crippen molar-refractivity contribution >= 4 is 5.91 Å². The number of nitrogens with one attached hydrogen (secondary N) is 1. The maximum atomic E-state index is 12.0. The molecule has 134 valence electrons. The minimum absolute atomic E-state index is 0.0502. The third-order valence-electron chi connectivity index (χ3n) is 3.83. The molecule has 1 aromatic heterocycles. The van der Waals surface area contributed by atoms with Crippen molar-refractivity contribution in [1.82, 2.24) is 10.5 Å². The van der Waals surface area contributed by atoms with Crippen LogP contribution in [0.5, 0.6) is 11.5 Å². The van der Waals surface area contributed by atoms with E-state index in [0.717, 1.165) is 16.9 Å². The molecule has 1 N–H and O–H groups in total. The van der Waals surface area contributed by atoms with Gasteiger partial charge >= 0.3 is 0 Å². The van der Waals surface area contributed by atoms with Crippen molar-refractivity contribution in [1.29, 1.82) is 0 Å². The fourth-order valence-corrected chi connectivity index (χ4v) is 2.41. The summed E-state index contributed by atoms with van der Waals surface area (Å²) in [5.41, 5.74) is 2.48. The molecule has 0 aliphatic carbocycles. The number of aryl methyl sites for hydroxylation is 1. The van der Waals surface area contributed by atoms with Gasteiger partial charge in [-0.2, -0.15) is 0 Å². The molecule has 6 heteroatoms. The molecule has 0 fully saturated rings. The Kier molecular flexibility index (Phi) is 5.53. The molecule has 0 spiro atoms. The van der Waals surface area contributed by atoms with Gasteiger partial charge in [-0.25, -0.2) is 0 Å². The van der Waals surface area contributed by atoms with Gasteiger partial charge in [0.2, 0.25) is 0 Å². The Bertz CT molecular complexity index is 889. The fourth-order valence-electron chi connectivity index (χ4n) is 2.41. The second-order valence-electron chi connectivity index (χ2n) is 5.75. The Balaban J connectivity index is 1.53. The number of carbonyl (C=O) groups excluding carboxylic acids is 1. The summed E-state index contributed by atoms with van der Waals surface area (Å²) in [4.78, 5) is 12.0. The second-order valence-corrected chi connectivity index (χ2v) is 5.75. The van der Waals surface area contributed by atoms with E-state index in [1.807, 2.05) is 55.5 Å². The smallest absolute Gasteiger partial charge is 0.258 e. The van der Waals surface area contributed by atoms with Crippen molar-refractivity contribution < 1.29 is 18.8 Å². The Hall–Kier alpha value is -3.28. The lowest BCUT2D eigenvalue weighted by atomic mass is 10.1. The number of para-hydroxylation sites is 1. The van der Waals surface area contributed by atoms with Gasteiger partial charge in [-0.3, -0.25) is 4.79 Å². The fraction of sp³-hybridized carbons (Fsp3) is 0.200. The highest BCUT2D eigenvalue weighted by Gasteiger charge is 2.10. The Labute approximate surface area is 151 Å². The predicted molar refractivity (Wildman–Crippen MR) is 97.0 cm³/mol. The number of hydrogen-bond acceptors (Lipinski definition) is 5. The molecule has 0 unspecified atom stereocenters. The van der Waals surface area contributed by atoms with E-state index in [4.69, 9.17) is 14.0 Å². The van der Waals surface area contributed by atoms with Crippen LogP contribution in [0.4, 0.5) is 0 Å². The highest BCUT2D eigenvalue weighted by Crippen LogP contribution is 2.24. The predicted octanol–water partition coefficient (Wildman–Crippen LogP) is 3.35. The number of amides is 1. The summed E-state index contributed by atoms with van der Waals surface area (Å²) < 4.78 is 16.1. The van der Waals surface area contributed by atoms with Gasteiger partial charge < -0.3 is 19.3 Å². The van der Waals surface area contributed by atoms with Gasteiger partial charge in [0, 0.05) is 11.6 Å². The van der Waals surface area contributed by atoms with E-state index in [2.05, 4.69) is 10.5 Å². The van der Waals surface area contributed by atoms with Gasteiger partial charge in [0.25, 0.3) is 5.91 Å². The van der Waals surface area contributed by atoms with Crippen LogP contribution < -0.4 is 14.8 Å². The number of aromatic nitrogens is 1. The molecule has 0 aliphatic rings. The minimum Gasteiger partial charge on any atom is -0.497 e. The normalized spacial score (nSPS) is 10.4. The number of methoxy groups -OCH3 is 1. The van der Waals surface area contributed by atoms with E-state index in [0.29, 0.717) is 17.2 Å². The molecule has 0 bridgehead atoms. The molecule has 26 heavy (non-hydrogen) atoms. The van der Waals surface area contributed by atoms with Crippen LogP contribution >= 0.6 is 0 Å². The first-order valence-electron chi connectivity index (χ1n) is 8.21. The van der Waals surface area contributed by atoms with Gasteiger partial charge in [-0.05, 0) is 30.7 Å². The first-order valence-corrected chi connectivity index (χ1v) is 8.21. The third-order valence-corrected chi connectivity index (χ3v) is 3.83. The minimum atomic E-state index is -0.223. The van der Waals surface area contributed by atoms with E-state index in [1.165, 1.54) is 0 Å². The Morgan fingerprint density at radius 3 is 2.81 bits per heavy atom. The zero-order valence-corrected chi connectivity index (χ0v) is 14.7. The summed E-state index contributed by atoms with van der Waals surface area (Å²) in [6, 6.07) is 16.8. The highest BCUT2D eigenvalue weighted by atomic mass is 16.5. The maximum absolute atomic E-state index is 12.0. The van der Waals surface area contributed by atoms with Crippen LogP contribution in [0.15, 0.2) is 59.1 Å². The lowest BCUT2D eigenvalue weighted by Crippen LogP contribution is -2.28. The van der Waals surface area contributed by atoms with Crippen molar-refractivity contribution in [3.05, 3.63) is 65.9 Å². The molecule has 1 heterocycles. The van der Waals surface area contributed by atoms with E-state index in [1.54, 1.807) is 13.2 Å².